The molecule has 1 fully saturated rings. The molecule has 2 aromatic heterocycles. The number of sulfonamides is 1. The predicted molar refractivity (Wildman–Crippen MR) is 87.3 cm³/mol. The molecule has 3 rings (SSSR count). The lowest BCUT2D eigenvalue weighted by Gasteiger charge is -2.20. The molecule has 0 spiro atoms. The Labute approximate surface area is 143 Å². The summed E-state index contributed by atoms with van der Waals surface area (Å²) in [5, 5.41) is 0. The summed E-state index contributed by atoms with van der Waals surface area (Å²) in [4.78, 5) is 13.9. The van der Waals surface area contributed by atoms with Gasteiger partial charge in [-0.05, 0) is 30.7 Å². The van der Waals surface area contributed by atoms with Crippen LogP contribution in [0.25, 0.3) is 0 Å². The van der Waals surface area contributed by atoms with E-state index in [1.807, 2.05) is 0 Å². The molecule has 1 saturated heterocycles. The van der Waals surface area contributed by atoms with Crippen LogP contribution in [0.2, 0.25) is 4.34 Å². The summed E-state index contributed by atoms with van der Waals surface area (Å²) in [6.45, 7) is 1.46. The molecule has 9 heteroatoms. The van der Waals surface area contributed by atoms with Gasteiger partial charge in [-0.2, -0.15) is 4.31 Å². The largest absolute Gasteiger partial charge is 0.459 e. The average Bonchev–Trinajstić information content (AvgIpc) is 3.13. The first-order valence-corrected chi connectivity index (χ1v) is 9.70. The molecule has 3 heterocycles. The van der Waals surface area contributed by atoms with Gasteiger partial charge in [-0.1, -0.05) is 11.6 Å². The van der Waals surface area contributed by atoms with Crippen LogP contribution < -0.4 is 0 Å². The van der Waals surface area contributed by atoms with Crippen LogP contribution in [0.3, 0.4) is 0 Å². The minimum atomic E-state index is -3.56. The number of hydrogen-bond acceptors (Lipinski definition) is 5. The molecule has 6 nitrogen and oxygen atoms in total. The topological polar surface area (TPSA) is 70.8 Å². The molecule has 2 aromatic rings. The second-order valence-electron chi connectivity index (χ2n) is 5.09. The predicted octanol–water partition coefficient (Wildman–Crippen LogP) is 2.53. The first kappa shape index (κ1) is 16.5. The van der Waals surface area contributed by atoms with Crippen LogP contribution in [-0.2, 0) is 10.0 Å². The van der Waals surface area contributed by atoms with E-state index in [0.29, 0.717) is 30.4 Å². The Kier molecular flexibility index (Phi) is 4.77. The lowest BCUT2D eigenvalue weighted by Crippen LogP contribution is -2.37. The van der Waals surface area contributed by atoms with E-state index in [4.69, 9.17) is 16.0 Å². The van der Waals surface area contributed by atoms with Crippen molar-refractivity contribution in [3.05, 3.63) is 40.6 Å². The third-order valence-electron chi connectivity index (χ3n) is 3.62. The monoisotopic (exact) mass is 374 g/mol. The van der Waals surface area contributed by atoms with Crippen LogP contribution in [0.1, 0.15) is 17.0 Å². The fraction of sp³-hybridized carbons (Fsp3) is 0.357. The summed E-state index contributed by atoms with van der Waals surface area (Å²) in [6, 6.07) is 6.35. The maximum absolute atomic E-state index is 12.6. The zero-order valence-corrected chi connectivity index (χ0v) is 14.5. The van der Waals surface area contributed by atoms with E-state index in [1.54, 1.807) is 23.1 Å². The number of amides is 1. The molecule has 0 N–H and O–H groups in total. The van der Waals surface area contributed by atoms with Crippen LogP contribution in [-0.4, -0.2) is 49.7 Å². The van der Waals surface area contributed by atoms with Crippen molar-refractivity contribution in [3.63, 3.8) is 0 Å². The summed E-state index contributed by atoms with van der Waals surface area (Å²) in [7, 11) is -3.56. The van der Waals surface area contributed by atoms with Crippen molar-refractivity contribution in [1.29, 1.82) is 0 Å². The van der Waals surface area contributed by atoms with E-state index < -0.39 is 10.0 Å². The lowest BCUT2D eigenvalue weighted by atomic mass is 10.3. The number of furan rings is 1. The van der Waals surface area contributed by atoms with Gasteiger partial charge in [0, 0.05) is 26.2 Å². The molecule has 0 unspecified atom stereocenters. The average molecular weight is 375 g/mol. The van der Waals surface area contributed by atoms with E-state index in [9.17, 15) is 13.2 Å². The number of carbonyl (C=O) groups is 1. The highest BCUT2D eigenvalue weighted by molar-refractivity contribution is 7.91. The summed E-state index contributed by atoms with van der Waals surface area (Å²) in [5.74, 6) is 0.0553. The summed E-state index contributed by atoms with van der Waals surface area (Å²) < 4.78 is 32.4. The number of thiophene rings is 1. The Balaban J connectivity index is 1.72. The van der Waals surface area contributed by atoms with Gasteiger partial charge >= 0.3 is 0 Å². The third kappa shape index (κ3) is 3.45. The van der Waals surface area contributed by atoms with Crippen molar-refractivity contribution in [2.45, 2.75) is 10.6 Å². The molecule has 0 aromatic carbocycles. The van der Waals surface area contributed by atoms with Crippen molar-refractivity contribution >= 4 is 38.9 Å². The van der Waals surface area contributed by atoms with Crippen LogP contribution >= 0.6 is 22.9 Å². The Bertz CT molecular complexity index is 786. The minimum Gasteiger partial charge on any atom is -0.459 e. The van der Waals surface area contributed by atoms with Gasteiger partial charge in [0.15, 0.2) is 5.76 Å². The molecular weight excluding hydrogens is 360 g/mol. The smallest absolute Gasteiger partial charge is 0.289 e. The van der Waals surface area contributed by atoms with Gasteiger partial charge in [0.1, 0.15) is 4.21 Å². The van der Waals surface area contributed by atoms with Crippen LogP contribution in [0.15, 0.2) is 39.2 Å². The van der Waals surface area contributed by atoms with Crippen molar-refractivity contribution in [2.75, 3.05) is 26.2 Å². The lowest BCUT2D eigenvalue weighted by molar-refractivity contribution is 0.0732. The molecule has 1 aliphatic rings. The fourth-order valence-corrected chi connectivity index (χ4v) is 5.56. The molecular formula is C14H15ClN2O4S2. The normalized spacial score (nSPS) is 17.2. The van der Waals surface area contributed by atoms with Gasteiger partial charge in [0.25, 0.3) is 15.9 Å². The van der Waals surface area contributed by atoms with Crippen LogP contribution in [0.4, 0.5) is 0 Å². The molecule has 23 heavy (non-hydrogen) atoms. The van der Waals surface area contributed by atoms with Gasteiger partial charge in [-0.15, -0.1) is 11.3 Å². The van der Waals surface area contributed by atoms with Crippen molar-refractivity contribution < 1.29 is 17.6 Å². The quantitative estimate of drug-likeness (QED) is 0.827. The highest BCUT2D eigenvalue weighted by Crippen LogP contribution is 2.28. The zero-order chi connectivity index (χ0) is 16.4. The zero-order valence-electron chi connectivity index (χ0n) is 12.1. The standard InChI is InChI=1S/C14H15ClN2O4S2/c15-12-4-5-13(22-12)23(19,20)17-7-2-6-16(8-9-17)14(18)11-3-1-10-21-11/h1,3-5,10H,2,6-9H2. The van der Waals surface area contributed by atoms with E-state index in [2.05, 4.69) is 0 Å². The highest BCUT2D eigenvalue weighted by Gasteiger charge is 2.30. The number of rotatable bonds is 3. The Hall–Kier alpha value is -1.35. The molecule has 0 bridgehead atoms. The summed E-state index contributed by atoms with van der Waals surface area (Å²) in [6.07, 6.45) is 2.02. The number of halogens is 1. The highest BCUT2D eigenvalue weighted by atomic mass is 35.5. The summed E-state index contributed by atoms with van der Waals surface area (Å²) in [5.41, 5.74) is 0. The van der Waals surface area contributed by atoms with Gasteiger partial charge in [0.05, 0.1) is 10.6 Å². The van der Waals surface area contributed by atoms with Crippen LogP contribution in [0.5, 0.6) is 0 Å². The van der Waals surface area contributed by atoms with Crippen LogP contribution in [0, 0.1) is 0 Å². The molecule has 1 amide bonds. The Morgan fingerprint density at radius 2 is 2.00 bits per heavy atom. The molecule has 0 radical (unpaired) electrons. The second-order valence-corrected chi connectivity index (χ2v) is 8.97. The van der Waals surface area contributed by atoms with E-state index in [-0.39, 0.29) is 22.4 Å². The maximum atomic E-state index is 12.6. The first-order chi connectivity index (χ1) is 11.0. The van der Waals surface area contributed by atoms with Gasteiger partial charge < -0.3 is 9.32 Å². The van der Waals surface area contributed by atoms with Crippen molar-refractivity contribution in [1.82, 2.24) is 9.21 Å². The number of nitrogens with zero attached hydrogens (tertiary/aromatic N) is 2. The third-order valence-corrected chi connectivity index (χ3v) is 7.21. The molecule has 0 aliphatic carbocycles. The molecule has 0 saturated carbocycles. The van der Waals surface area contributed by atoms with E-state index in [0.717, 1.165) is 11.3 Å². The van der Waals surface area contributed by atoms with Gasteiger partial charge in [-0.25, -0.2) is 8.42 Å². The number of hydrogen-bond donors (Lipinski definition) is 0. The second kappa shape index (κ2) is 6.64. The van der Waals surface area contributed by atoms with Crippen molar-refractivity contribution in [3.8, 4) is 0 Å². The van der Waals surface area contributed by atoms with E-state index >= 15 is 0 Å². The van der Waals surface area contributed by atoms with E-state index in [1.165, 1.54) is 16.6 Å². The number of carbonyl (C=O) groups excluding carboxylic acids is 1. The SMILES string of the molecule is O=C(c1ccco1)N1CCCN(S(=O)(=O)c2ccc(Cl)s2)CC1. The Morgan fingerprint density at radius 3 is 2.65 bits per heavy atom. The van der Waals surface area contributed by atoms with Gasteiger partial charge in [-0.3, -0.25) is 4.79 Å². The first-order valence-electron chi connectivity index (χ1n) is 7.07. The fourth-order valence-electron chi connectivity index (χ4n) is 2.46. The molecule has 0 atom stereocenters. The maximum Gasteiger partial charge on any atom is 0.289 e. The molecule has 1 aliphatic heterocycles. The van der Waals surface area contributed by atoms with Gasteiger partial charge in [0.2, 0.25) is 0 Å². The van der Waals surface area contributed by atoms with Crippen molar-refractivity contribution in [2.24, 2.45) is 0 Å². The minimum absolute atomic E-state index is 0.214. The summed E-state index contributed by atoms with van der Waals surface area (Å²) >= 11 is 6.87. The molecule has 124 valence electrons. The Morgan fingerprint density at radius 1 is 1.17 bits per heavy atom.